The number of ketones is 1. The van der Waals surface area contributed by atoms with Crippen molar-refractivity contribution in [3.8, 4) is 10.4 Å². The van der Waals surface area contributed by atoms with Crippen LogP contribution in [0.15, 0.2) is 34.8 Å². The minimum Gasteiger partial charge on any atom is -0.293 e. The molecule has 0 radical (unpaired) electrons. The number of carbonyl (C=O) groups excluding carboxylic acids is 1. The maximum Gasteiger partial charge on any atom is 0.417 e. The maximum atomic E-state index is 12.9. The molecule has 0 aliphatic rings. The van der Waals surface area contributed by atoms with Crippen molar-refractivity contribution in [2.45, 2.75) is 25.9 Å². The summed E-state index contributed by atoms with van der Waals surface area (Å²) in [5, 5.41) is 0. The topological polar surface area (TPSA) is 17.1 Å². The second-order valence-corrected chi connectivity index (χ2v) is 6.47. The summed E-state index contributed by atoms with van der Waals surface area (Å²) in [6, 6.07) is 7.46. The van der Waals surface area contributed by atoms with E-state index in [1.807, 2.05) is 6.92 Å². The fraction of sp³-hybridized carbons (Fsp3) is 0.267. The number of carbonyl (C=O) groups is 1. The third-order valence-electron chi connectivity index (χ3n) is 2.91. The van der Waals surface area contributed by atoms with E-state index < -0.39 is 11.7 Å². The molecule has 0 saturated carbocycles. The van der Waals surface area contributed by atoms with Gasteiger partial charge >= 0.3 is 6.18 Å². The summed E-state index contributed by atoms with van der Waals surface area (Å²) in [4.78, 5) is 13.0. The lowest BCUT2D eigenvalue weighted by atomic mass is 10.1. The summed E-state index contributed by atoms with van der Waals surface area (Å²) in [7, 11) is 0. The summed E-state index contributed by atoms with van der Waals surface area (Å²) in [5.74, 6) is 0.0295. The highest BCUT2D eigenvalue weighted by Crippen LogP contribution is 2.38. The van der Waals surface area contributed by atoms with Gasteiger partial charge in [0.2, 0.25) is 0 Å². The van der Waals surface area contributed by atoms with Crippen molar-refractivity contribution in [2.75, 3.05) is 0 Å². The lowest BCUT2D eigenvalue weighted by Crippen LogP contribution is -2.05. The van der Waals surface area contributed by atoms with Crippen molar-refractivity contribution in [3.63, 3.8) is 0 Å². The molecular formula is C15H12BrF3OS. The number of benzene rings is 1. The molecular weight excluding hydrogens is 365 g/mol. The average Bonchev–Trinajstić information content (AvgIpc) is 2.88. The van der Waals surface area contributed by atoms with Crippen molar-refractivity contribution in [3.05, 3.63) is 45.2 Å². The van der Waals surface area contributed by atoms with Crippen LogP contribution in [-0.2, 0) is 6.18 Å². The van der Waals surface area contributed by atoms with E-state index >= 15 is 0 Å². The van der Waals surface area contributed by atoms with E-state index in [9.17, 15) is 18.0 Å². The molecule has 0 aliphatic carbocycles. The molecule has 1 aromatic heterocycles. The Bertz CT molecular complexity index is 661. The van der Waals surface area contributed by atoms with Gasteiger partial charge in [0, 0.05) is 15.8 Å². The Balaban J connectivity index is 2.37. The van der Waals surface area contributed by atoms with Gasteiger partial charge < -0.3 is 0 Å². The quantitative estimate of drug-likeness (QED) is 0.582. The minimum atomic E-state index is -4.41. The van der Waals surface area contributed by atoms with Gasteiger partial charge in [0.25, 0.3) is 0 Å². The third kappa shape index (κ3) is 3.74. The first-order valence-electron chi connectivity index (χ1n) is 6.33. The largest absolute Gasteiger partial charge is 0.417 e. The van der Waals surface area contributed by atoms with Gasteiger partial charge in [-0.1, -0.05) is 28.9 Å². The van der Waals surface area contributed by atoms with Crippen molar-refractivity contribution in [2.24, 2.45) is 0 Å². The monoisotopic (exact) mass is 376 g/mol. The maximum absolute atomic E-state index is 12.9. The molecule has 1 heterocycles. The Hall–Kier alpha value is -1.14. The summed E-state index contributed by atoms with van der Waals surface area (Å²) in [6.07, 6.45) is -3.20. The smallest absolute Gasteiger partial charge is 0.293 e. The predicted molar refractivity (Wildman–Crippen MR) is 81.7 cm³/mol. The molecule has 0 bridgehead atoms. The molecule has 6 heteroatoms. The van der Waals surface area contributed by atoms with E-state index in [1.165, 1.54) is 17.4 Å². The average molecular weight is 377 g/mol. The van der Waals surface area contributed by atoms with Gasteiger partial charge in [0.1, 0.15) is 0 Å². The van der Waals surface area contributed by atoms with Gasteiger partial charge in [0.05, 0.1) is 10.4 Å². The third-order valence-corrected chi connectivity index (χ3v) is 4.78. The van der Waals surface area contributed by atoms with Crippen LogP contribution in [0.3, 0.4) is 0 Å². The summed E-state index contributed by atoms with van der Waals surface area (Å²) in [6.45, 7) is 1.91. The molecule has 2 aromatic rings. The van der Waals surface area contributed by atoms with E-state index in [4.69, 9.17) is 0 Å². The second-order valence-electron chi connectivity index (χ2n) is 4.53. The lowest BCUT2D eigenvalue weighted by Gasteiger charge is -2.10. The molecule has 0 N–H and O–H groups in total. The van der Waals surface area contributed by atoms with Crippen LogP contribution < -0.4 is 0 Å². The molecule has 1 nitrogen and oxygen atoms in total. The summed E-state index contributed by atoms with van der Waals surface area (Å²) < 4.78 is 38.7. The highest BCUT2D eigenvalue weighted by molar-refractivity contribution is 9.10. The van der Waals surface area contributed by atoms with E-state index in [2.05, 4.69) is 15.9 Å². The zero-order chi connectivity index (χ0) is 15.6. The van der Waals surface area contributed by atoms with E-state index in [1.54, 1.807) is 18.2 Å². The van der Waals surface area contributed by atoms with Gasteiger partial charge in [0.15, 0.2) is 5.78 Å². The van der Waals surface area contributed by atoms with E-state index in [0.717, 1.165) is 12.5 Å². The van der Waals surface area contributed by atoms with Crippen LogP contribution in [0, 0.1) is 0 Å². The van der Waals surface area contributed by atoms with Crippen molar-refractivity contribution < 1.29 is 18.0 Å². The van der Waals surface area contributed by atoms with Crippen LogP contribution >= 0.6 is 27.3 Å². The summed E-state index contributed by atoms with van der Waals surface area (Å²) >= 11 is 4.14. The minimum absolute atomic E-state index is 0.0117. The number of hydrogen-bond donors (Lipinski definition) is 0. The number of rotatable bonds is 4. The van der Waals surface area contributed by atoms with Crippen LogP contribution in [0.25, 0.3) is 10.4 Å². The Morgan fingerprint density at radius 3 is 2.57 bits per heavy atom. The van der Waals surface area contributed by atoms with Crippen molar-refractivity contribution >= 4 is 33.0 Å². The van der Waals surface area contributed by atoms with E-state index in [0.29, 0.717) is 21.7 Å². The molecule has 0 saturated heterocycles. The fourth-order valence-electron chi connectivity index (χ4n) is 1.89. The Kier molecular flexibility index (Phi) is 4.88. The number of alkyl halides is 3. The Labute approximate surface area is 132 Å². The van der Waals surface area contributed by atoms with Crippen molar-refractivity contribution in [1.82, 2.24) is 0 Å². The Morgan fingerprint density at radius 2 is 1.95 bits per heavy atom. The highest BCUT2D eigenvalue weighted by atomic mass is 79.9. The zero-order valence-electron chi connectivity index (χ0n) is 11.1. The Morgan fingerprint density at radius 1 is 1.24 bits per heavy atom. The molecule has 0 aliphatic heterocycles. The number of halogens is 4. The molecule has 21 heavy (non-hydrogen) atoms. The SMILES string of the molecule is CCCC(=O)c1ccc(-c2ccc(Br)c(C(F)(F)F)c2)s1. The van der Waals surface area contributed by atoms with Gasteiger partial charge in [-0.05, 0) is 36.2 Å². The molecule has 0 atom stereocenters. The van der Waals surface area contributed by atoms with Crippen LogP contribution in [0.2, 0.25) is 0 Å². The number of thiophene rings is 1. The molecule has 0 unspecified atom stereocenters. The van der Waals surface area contributed by atoms with Crippen LogP contribution in [0.4, 0.5) is 13.2 Å². The summed E-state index contributed by atoms with van der Waals surface area (Å²) in [5.41, 5.74) is -0.249. The van der Waals surface area contributed by atoms with Gasteiger partial charge in [-0.15, -0.1) is 11.3 Å². The van der Waals surface area contributed by atoms with Gasteiger partial charge in [-0.2, -0.15) is 13.2 Å². The number of hydrogen-bond acceptors (Lipinski definition) is 2. The molecule has 0 fully saturated rings. The zero-order valence-corrected chi connectivity index (χ0v) is 13.5. The van der Waals surface area contributed by atoms with Crippen LogP contribution in [-0.4, -0.2) is 5.78 Å². The van der Waals surface area contributed by atoms with Crippen LogP contribution in [0.1, 0.15) is 35.0 Å². The second kappa shape index (κ2) is 6.32. The lowest BCUT2D eigenvalue weighted by molar-refractivity contribution is -0.138. The van der Waals surface area contributed by atoms with Gasteiger partial charge in [-0.25, -0.2) is 0 Å². The standard InChI is InChI=1S/C15H12BrF3OS/c1-2-3-12(20)14-7-6-13(21-14)9-4-5-11(16)10(8-9)15(17,18)19/h4-8H,2-3H2,1H3. The van der Waals surface area contributed by atoms with Crippen molar-refractivity contribution in [1.29, 1.82) is 0 Å². The molecule has 0 spiro atoms. The number of Topliss-reactive ketones (excluding diaryl/α,β-unsaturated/α-hetero) is 1. The first-order valence-corrected chi connectivity index (χ1v) is 7.94. The van der Waals surface area contributed by atoms with E-state index in [-0.39, 0.29) is 10.3 Å². The van der Waals surface area contributed by atoms with Crippen LogP contribution in [0.5, 0.6) is 0 Å². The predicted octanol–water partition coefficient (Wildman–Crippen LogP) is 6.18. The van der Waals surface area contributed by atoms with Gasteiger partial charge in [-0.3, -0.25) is 4.79 Å². The first-order chi connectivity index (χ1) is 9.82. The molecule has 1 aromatic carbocycles. The first kappa shape index (κ1) is 16.2. The molecule has 0 amide bonds. The molecule has 112 valence electrons. The highest BCUT2D eigenvalue weighted by Gasteiger charge is 2.33. The molecule has 2 rings (SSSR count). The normalized spacial score (nSPS) is 11.7. The fourth-order valence-corrected chi connectivity index (χ4v) is 3.33.